The maximum absolute atomic E-state index is 12.4. The molecule has 0 aliphatic rings. The molecule has 8 heteroatoms. The molecule has 0 N–H and O–H groups in total. The third-order valence-electron chi connectivity index (χ3n) is 1.24. The Morgan fingerprint density at radius 2 is 0.786 bits per heavy atom. The molecule has 0 saturated heterocycles. The van der Waals surface area contributed by atoms with Gasteiger partial charge in [0.05, 0.1) is 0 Å². The van der Waals surface area contributed by atoms with Crippen molar-refractivity contribution in [3.63, 3.8) is 0 Å². The normalized spacial score (nSPS) is 8.93. The summed E-state index contributed by atoms with van der Waals surface area (Å²) in [7, 11) is 0. The van der Waals surface area contributed by atoms with Crippen LogP contribution in [-0.4, -0.2) is 18.6 Å². The standard InChI is InChI=1S/C6F5.2ClH.Ga/c7-2-1-3(8)5(10)6(11)4(2)9;;;/h;2*1H;. The Labute approximate surface area is 98.6 Å². The molecular weight excluding hydrogens is 308 g/mol. The predicted molar refractivity (Wildman–Crippen MR) is 46.1 cm³/mol. The van der Waals surface area contributed by atoms with Gasteiger partial charge in [-0.05, 0) is 0 Å². The molecule has 0 aromatic heterocycles. The van der Waals surface area contributed by atoms with Gasteiger partial charge in [-0.15, -0.1) is 24.8 Å². The van der Waals surface area contributed by atoms with Gasteiger partial charge in [0.25, 0.3) is 0 Å². The quantitative estimate of drug-likeness (QED) is 0.298. The van der Waals surface area contributed by atoms with Crippen LogP contribution in [-0.2, 0) is 0 Å². The Balaban J connectivity index is 0. The van der Waals surface area contributed by atoms with Crippen molar-refractivity contribution in [2.24, 2.45) is 0 Å². The molecule has 0 aliphatic heterocycles. The Bertz CT molecular complexity index is 238. The molecule has 1 aromatic rings. The fourth-order valence-electron chi connectivity index (χ4n) is 0.622. The first-order valence-corrected chi connectivity index (χ1v) is 3.94. The second-order valence-corrected chi connectivity index (χ2v) is 3.19. The zero-order valence-corrected chi connectivity index (χ0v) is 10.3. The first kappa shape index (κ1) is 16.5. The molecule has 0 heterocycles. The van der Waals surface area contributed by atoms with Crippen molar-refractivity contribution in [2.45, 2.75) is 0 Å². The molecule has 0 spiro atoms. The zero-order chi connectivity index (χ0) is 9.46. The van der Waals surface area contributed by atoms with Gasteiger partial charge in [-0.2, -0.15) is 0 Å². The average molecular weight is 310 g/mol. The predicted octanol–water partition coefficient (Wildman–Crippen LogP) is 2.02. The van der Waals surface area contributed by atoms with E-state index in [0.29, 0.717) is 18.6 Å². The number of rotatable bonds is 0. The molecule has 0 unspecified atom stereocenters. The fourth-order valence-corrected chi connectivity index (χ4v) is 1.15. The van der Waals surface area contributed by atoms with Crippen LogP contribution in [0.2, 0.25) is 0 Å². The molecule has 78 valence electrons. The van der Waals surface area contributed by atoms with E-state index >= 15 is 0 Å². The molecule has 2 radical (unpaired) electrons. The van der Waals surface area contributed by atoms with E-state index in [-0.39, 0.29) is 24.8 Å². The summed E-state index contributed by atoms with van der Waals surface area (Å²) in [6.07, 6.45) is 0. The van der Waals surface area contributed by atoms with Gasteiger partial charge in [0.2, 0.25) is 0 Å². The van der Waals surface area contributed by atoms with Crippen LogP contribution in [0.25, 0.3) is 0 Å². The summed E-state index contributed by atoms with van der Waals surface area (Å²) in [4.78, 5) is 0. The van der Waals surface area contributed by atoms with Crippen molar-refractivity contribution in [3.05, 3.63) is 29.1 Å². The molecule has 1 aromatic carbocycles. The van der Waals surface area contributed by atoms with Gasteiger partial charge < -0.3 is 0 Å². The van der Waals surface area contributed by atoms with E-state index in [1.807, 2.05) is 0 Å². The summed E-state index contributed by atoms with van der Waals surface area (Å²) < 4.78 is 60.8. The second kappa shape index (κ2) is 5.84. The summed E-state index contributed by atoms with van der Waals surface area (Å²) in [5.74, 6) is -9.43. The number of hydrogen-bond donors (Lipinski definition) is 0. The van der Waals surface area contributed by atoms with Gasteiger partial charge in [-0.3, -0.25) is 0 Å². The Hall–Kier alpha value is 0.0864. The zero-order valence-electron chi connectivity index (χ0n) is 6.28. The van der Waals surface area contributed by atoms with Crippen LogP contribution in [0, 0.1) is 29.1 Å². The van der Waals surface area contributed by atoms with Gasteiger partial charge in [-0.25, -0.2) is 0 Å². The van der Waals surface area contributed by atoms with E-state index in [9.17, 15) is 22.0 Å². The van der Waals surface area contributed by atoms with Crippen molar-refractivity contribution < 1.29 is 22.0 Å². The van der Waals surface area contributed by atoms with E-state index in [0.717, 1.165) is 0 Å². The first-order chi connectivity index (χ1) is 5.46. The van der Waals surface area contributed by atoms with Crippen LogP contribution in [0.15, 0.2) is 0 Å². The van der Waals surface area contributed by atoms with Crippen molar-refractivity contribution in [1.29, 1.82) is 0 Å². The van der Waals surface area contributed by atoms with E-state index in [4.69, 9.17) is 0 Å². The van der Waals surface area contributed by atoms with Gasteiger partial charge in [0.1, 0.15) is 0 Å². The Morgan fingerprint density at radius 1 is 0.571 bits per heavy atom. The van der Waals surface area contributed by atoms with Crippen molar-refractivity contribution in [3.8, 4) is 0 Å². The van der Waals surface area contributed by atoms with Crippen molar-refractivity contribution >= 4 is 47.5 Å². The fraction of sp³-hybridized carbons (Fsp3) is 0. The summed E-state index contributed by atoms with van der Waals surface area (Å²) in [5.41, 5.74) is 0. The second-order valence-electron chi connectivity index (χ2n) is 1.98. The number of halogens is 7. The molecule has 0 fully saturated rings. The van der Waals surface area contributed by atoms with E-state index in [2.05, 4.69) is 0 Å². The molecule has 0 atom stereocenters. The third kappa shape index (κ3) is 2.56. The Kier molecular flexibility index (Phi) is 6.89. The van der Waals surface area contributed by atoms with E-state index in [1.54, 1.807) is 0 Å². The van der Waals surface area contributed by atoms with E-state index in [1.165, 1.54) is 0 Å². The molecular formula is C6H2Cl2F5Ga. The van der Waals surface area contributed by atoms with Crippen LogP contribution in [0.1, 0.15) is 0 Å². The molecule has 14 heavy (non-hydrogen) atoms. The van der Waals surface area contributed by atoms with Crippen LogP contribution < -0.4 is 4.12 Å². The van der Waals surface area contributed by atoms with E-state index < -0.39 is 33.2 Å². The topological polar surface area (TPSA) is 0 Å². The minimum absolute atomic E-state index is 0. The van der Waals surface area contributed by atoms with Gasteiger partial charge >= 0.3 is 73.8 Å². The van der Waals surface area contributed by atoms with Crippen LogP contribution >= 0.6 is 24.8 Å². The average Bonchev–Trinajstić information content (AvgIpc) is 2.08. The molecule has 0 saturated carbocycles. The van der Waals surface area contributed by atoms with Crippen molar-refractivity contribution in [1.82, 2.24) is 0 Å². The Morgan fingerprint density at radius 3 is 1.07 bits per heavy atom. The van der Waals surface area contributed by atoms with Gasteiger partial charge in [0, 0.05) is 0 Å². The SMILES string of the molecule is Cl.Cl.Fc1c(F)c(F)[c]([Ga])c(F)c1F. The monoisotopic (exact) mass is 308 g/mol. The maximum atomic E-state index is 12.4. The summed E-state index contributed by atoms with van der Waals surface area (Å²) in [6.45, 7) is 0. The molecule has 0 nitrogen and oxygen atoms in total. The molecule has 0 aliphatic carbocycles. The summed E-state index contributed by atoms with van der Waals surface area (Å²) >= 11 is 0.348. The molecule has 0 bridgehead atoms. The summed E-state index contributed by atoms with van der Waals surface area (Å²) in [6, 6.07) is 0. The van der Waals surface area contributed by atoms with Crippen LogP contribution in [0.4, 0.5) is 22.0 Å². The summed E-state index contributed by atoms with van der Waals surface area (Å²) in [5, 5.41) is 0. The van der Waals surface area contributed by atoms with Crippen molar-refractivity contribution in [2.75, 3.05) is 0 Å². The first-order valence-electron chi connectivity index (χ1n) is 2.73. The minimum atomic E-state index is -2.12. The van der Waals surface area contributed by atoms with Crippen LogP contribution in [0.5, 0.6) is 0 Å². The third-order valence-corrected chi connectivity index (χ3v) is 2.31. The molecule has 0 amide bonds. The van der Waals surface area contributed by atoms with Gasteiger partial charge in [-0.1, -0.05) is 0 Å². The molecule has 1 rings (SSSR count). The van der Waals surface area contributed by atoms with Gasteiger partial charge in [0.15, 0.2) is 0 Å². The number of benzene rings is 1. The number of hydrogen-bond acceptors (Lipinski definition) is 0. The van der Waals surface area contributed by atoms with Crippen LogP contribution in [0.3, 0.4) is 0 Å².